The Hall–Kier alpha value is 0.154. The van der Waals surface area contributed by atoms with Crippen LogP contribution in [0.2, 0.25) is 16.7 Å². The van der Waals surface area contributed by atoms with Crippen molar-refractivity contribution >= 4 is 17.5 Å². The van der Waals surface area contributed by atoms with Crippen LogP contribution in [-0.2, 0) is 0 Å². The third kappa shape index (κ3) is 3.80. The van der Waals surface area contributed by atoms with Gasteiger partial charge in [0, 0.05) is 11.1 Å². The molecule has 0 aromatic heterocycles. The van der Waals surface area contributed by atoms with Crippen LogP contribution in [0.5, 0.6) is 0 Å². The van der Waals surface area contributed by atoms with Crippen molar-refractivity contribution < 1.29 is 16.4 Å². The van der Waals surface area contributed by atoms with Gasteiger partial charge < -0.3 is 0 Å². The van der Waals surface area contributed by atoms with Gasteiger partial charge in [0.2, 0.25) is 0 Å². The summed E-state index contributed by atoms with van der Waals surface area (Å²) < 4.78 is 52.4. The van der Waals surface area contributed by atoms with Gasteiger partial charge in [-0.25, -0.2) is 0 Å². The van der Waals surface area contributed by atoms with Crippen molar-refractivity contribution in [2.24, 2.45) is 0 Å². The SMILES string of the molecule is CC(C)[Si](F)(F)C[Si](F)(F)C(C)C. The lowest BCUT2D eigenvalue weighted by atomic mass is 10.6. The van der Waals surface area contributed by atoms with E-state index >= 15 is 0 Å². The van der Waals surface area contributed by atoms with Crippen molar-refractivity contribution in [3.8, 4) is 0 Å². The molecule has 0 aliphatic carbocycles. The van der Waals surface area contributed by atoms with Crippen LogP contribution in [0.3, 0.4) is 0 Å². The van der Waals surface area contributed by atoms with Gasteiger partial charge in [0.15, 0.2) is 0 Å². The Labute approximate surface area is 79.0 Å². The summed E-state index contributed by atoms with van der Waals surface area (Å²) >= 11 is 0. The molecule has 0 radical (unpaired) electrons. The molecular formula is C7H16F4Si2. The maximum Gasteiger partial charge on any atom is 0.429 e. The van der Waals surface area contributed by atoms with E-state index in [4.69, 9.17) is 0 Å². The second kappa shape index (κ2) is 4.12. The standard InChI is InChI=1S/C7H16F4Si2/c1-6(2)12(8,9)5-13(10,11)7(3)4/h6-7H,5H2,1-4H3. The highest BCUT2D eigenvalue weighted by Crippen LogP contribution is 2.38. The van der Waals surface area contributed by atoms with Gasteiger partial charge in [0.05, 0.1) is 5.67 Å². The van der Waals surface area contributed by atoms with Gasteiger partial charge in [0.25, 0.3) is 0 Å². The number of halogens is 4. The highest BCUT2D eigenvalue weighted by atomic mass is 28.5. The van der Waals surface area contributed by atoms with E-state index in [0.717, 1.165) is 0 Å². The second-order valence-corrected chi connectivity index (χ2v) is 10.8. The van der Waals surface area contributed by atoms with E-state index in [9.17, 15) is 16.4 Å². The van der Waals surface area contributed by atoms with Crippen LogP contribution in [0, 0.1) is 0 Å². The number of hydrogen-bond acceptors (Lipinski definition) is 0. The van der Waals surface area contributed by atoms with Gasteiger partial charge >= 0.3 is 17.5 Å². The fourth-order valence-corrected chi connectivity index (χ4v) is 6.50. The van der Waals surface area contributed by atoms with Gasteiger partial charge in [-0.2, -0.15) is 0 Å². The average Bonchev–Trinajstić information content (AvgIpc) is 1.83. The number of rotatable bonds is 4. The first-order chi connectivity index (χ1) is 5.59. The Morgan fingerprint density at radius 1 is 0.769 bits per heavy atom. The van der Waals surface area contributed by atoms with E-state index in [0.29, 0.717) is 0 Å². The highest BCUT2D eigenvalue weighted by Gasteiger charge is 2.53. The van der Waals surface area contributed by atoms with Crippen LogP contribution in [-0.4, -0.2) is 17.5 Å². The predicted octanol–water partition coefficient (Wildman–Crippen LogP) is 4.11. The van der Waals surface area contributed by atoms with Gasteiger partial charge in [-0.3, -0.25) is 16.4 Å². The summed E-state index contributed by atoms with van der Waals surface area (Å²) in [5.74, 6) is 0. The molecule has 0 bridgehead atoms. The second-order valence-electron chi connectivity index (χ2n) is 4.01. The van der Waals surface area contributed by atoms with E-state index in [1.165, 1.54) is 27.7 Å². The van der Waals surface area contributed by atoms with Crippen molar-refractivity contribution in [2.45, 2.75) is 44.4 Å². The fourth-order valence-electron chi connectivity index (χ4n) is 0.722. The zero-order chi connectivity index (χ0) is 10.9. The Kier molecular flexibility index (Phi) is 4.17. The Bertz CT molecular complexity index is 150. The van der Waals surface area contributed by atoms with Crippen molar-refractivity contribution in [1.82, 2.24) is 0 Å². The fraction of sp³-hybridized carbons (Fsp3) is 1.00. The van der Waals surface area contributed by atoms with Crippen LogP contribution < -0.4 is 0 Å². The predicted molar refractivity (Wildman–Crippen MR) is 50.9 cm³/mol. The largest absolute Gasteiger partial charge is 0.429 e. The van der Waals surface area contributed by atoms with Crippen molar-refractivity contribution in [3.63, 3.8) is 0 Å². The minimum absolute atomic E-state index is 0.871. The van der Waals surface area contributed by atoms with Crippen molar-refractivity contribution in [2.75, 3.05) is 0 Å². The van der Waals surface area contributed by atoms with Crippen LogP contribution in [0.25, 0.3) is 0 Å². The molecule has 0 N–H and O–H groups in total. The molecule has 0 saturated heterocycles. The lowest BCUT2D eigenvalue weighted by Gasteiger charge is -2.23. The Morgan fingerprint density at radius 3 is 1.15 bits per heavy atom. The van der Waals surface area contributed by atoms with Crippen LogP contribution in [0.1, 0.15) is 27.7 Å². The van der Waals surface area contributed by atoms with Crippen LogP contribution in [0.4, 0.5) is 16.4 Å². The normalized spacial score (nSPS) is 14.3. The molecule has 0 aromatic carbocycles. The molecule has 6 heteroatoms. The molecule has 0 unspecified atom stereocenters. The number of hydrogen-bond donors (Lipinski definition) is 0. The molecule has 13 heavy (non-hydrogen) atoms. The zero-order valence-corrected chi connectivity index (χ0v) is 10.4. The monoisotopic (exact) mass is 232 g/mol. The maximum atomic E-state index is 13.1. The molecule has 0 rings (SSSR count). The molecule has 0 aliphatic heterocycles. The summed E-state index contributed by atoms with van der Waals surface area (Å²) in [7, 11) is -9.33. The van der Waals surface area contributed by atoms with E-state index < -0.39 is 34.2 Å². The summed E-state index contributed by atoms with van der Waals surface area (Å²) in [6, 6.07) is 0. The van der Waals surface area contributed by atoms with E-state index in [1.54, 1.807) is 0 Å². The third-order valence-corrected chi connectivity index (χ3v) is 9.31. The lowest BCUT2D eigenvalue weighted by molar-refractivity contribution is 0.529. The van der Waals surface area contributed by atoms with E-state index in [1.807, 2.05) is 0 Å². The molecule has 0 aliphatic rings. The summed E-state index contributed by atoms with van der Waals surface area (Å²) in [4.78, 5) is 0. The lowest BCUT2D eigenvalue weighted by Crippen LogP contribution is -2.40. The molecule has 0 fully saturated rings. The molecule has 0 spiro atoms. The van der Waals surface area contributed by atoms with Gasteiger partial charge in [-0.15, -0.1) is 0 Å². The van der Waals surface area contributed by atoms with Crippen molar-refractivity contribution in [1.29, 1.82) is 0 Å². The highest BCUT2D eigenvalue weighted by molar-refractivity contribution is 6.86. The third-order valence-electron chi connectivity index (χ3n) is 2.16. The minimum Gasteiger partial charge on any atom is -0.270 e. The first-order valence-corrected chi connectivity index (χ1v) is 8.43. The molecule has 0 heterocycles. The maximum absolute atomic E-state index is 13.1. The van der Waals surface area contributed by atoms with E-state index in [2.05, 4.69) is 0 Å². The summed E-state index contributed by atoms with van der Waals surface area (Å²) in [6.45, 7) is 5.32. The summed E-state index contributed by atoms with van der Waals surface area (Å²) in [6.07, 6.45) is 0. The molecule has 0 aromatic rings. The first kappa shape index (κ1) is 13.2. The molecular weight excluding hydrogens is 216 g/mol. The topological polar surface area (TPSA) is 0 Å². The Morgan fingerprint density at radius 2 is 1.00 bits per heavy atom. The molecule has 80 valence electrons. The summed E-state index contributed by atoms with van der Waals surface area (Å²) in [5, 5.41) is 0. The zero-order valence-electron chi connectivity index (χ0n) is 8.37. The van der Waals surface area contributed by atoms with Gasteiger partial charge in [-0.05, 0) is 0 Å². The van der Waals surface area contributed by atoms with Crippen LogP contribution >= 0.6 is 0 Å². The minimum atomic E-state index is -4.67. The smallest absolute Gasteiger partial charge is 0.270 e. The van der Waals surface area contributed by atoms with Crippen molar-refractivity contribution in [3.05, 3.63) is 0 Å². The summed E-state index contributed by atoms with van der Waals surface area (Å²) in [5.41, 5.74) is -2.82. The molecule has 0 nitrogen and oxygen atoms in total. The van der Waals surface area contributed by atoms with Crippen LogP contribution in [0.15, 0.2) is 0 Å². The molecule has 0 amide bonds. The van der Waals surface area contributed by atoms with Gasteiger partial charge in [0.1, 0.15) is 0 Å². The average molecular weight is 232 g/mol. The van der Waals surface area contributed by atoms with Gasteiger partial charge in [-0.1, -0.05) is 27.7 Å². The molecule has 0 atom stereocenters. The Balaban J connectivity index is 4.42. The van der Waals surface area contributed by atoms with E-state index in [-0.39, 0.29) is 0 Å². The quantitative estimate of drug-likeness (QED) is 0.389. The molecule has 0 saturated carbocycles. The first-order valence-electron chi connectivity index (χ1n) is 4.35.